The van der Waals surface area contributed by atoms with Crippen molar-refractivity contribution in [3.8, 4) is 23.0 Å². The van der Waals surface area contributed by atoms with Crippen molar-refractivity contribution in [2.45, 2.75) is 25.6 Å². The Hall–Kier alpha value is -3.10. The molecule has 5 rings (SSSR count). The summed E-state index contributed by atoms with van der Waals surface area (Å²) in [6.07, 6.45) is 0.0815. The van der Waals surface area contributed by atoms with E-state index in [2.05, 4.69) is 21.2 Å². The predicted molar refractivity (Wildman–Crippen MR) is 126 cm³/mol. The molecule has 0 spiro atoms. The highest BCUT2D eigenvalue weighted by molar-refractivity contribution is 9.10. The molecule has 0 radical (unpaired) electrons. The maximum absolute atomic E-state index is 13.9. The number of fused-ring (bicyclic) bond motifs is 1. The number of phenolic OH excluding ortho intramolecular Hbond substituents is 1. The van der Waals surface area contributed by atoms with Crippen molar-refractivity contribution in [3.63, 3.8) is 0 Å². The summed E-state index contributed by atoms with van der Waals surface area (Å²) < 4.78 is 30.8. The van der Waals surface area contributed by atoms with Crippen LogP contribution in [0.15, 0.2) is 64.1 Å². The first-order valence-electron chi connectivity index (χ1n) is 10.7. The average molecular weight is 513 g/mol. The van der Waals surface area contributed by atoms with Gasteiger partial charge in [0.25, 0.3) is 0 Å². The summed E-state index contributed by atoms with van der Waals surface area (Å²) in [6, 6.07) is 15.8. The fraction of sp³-hybridized carbons (Fsp3) is 0.240. The Labute approximate surface area is 199 Å². The van der Waals surface area contributed by atoms with E-state index in [9.17, 15) is 9.50 Å². The van der Waals surface area contributed by atoms with E-state index in [1.165, 1.54) is 6.07 Å². The zero-order chi connectivity index (χ0) is 22.9. The van der Waals surface area contributed by atoms with Gasteiger partial charge in [-0.25, -0.2) is 4.39 Å². The lowest BCUT2D eigenvalue weighted by molar-refractivity contribution is 0.174. The minimum Gasteiger partial charge on any atom is -0.504 e. The number of hydrogen-bond acceptors (Lipinski definition) is 6. The first-order chi connectivity index (χ1) is 16.0. The molecule has 8 heteroatoms. The molecule has 3 aromatic carbocycles. The van der Waals surface area contributed by atoms with E-state index in [4.69, 9.17) is 19.2 Å². The normalized spacial score (nSPS) is 19.3. The van der Waals surface area contributed by atoms with Gasteiger partial charge in [-0.05, 0) is 70.4 Å². The Bertz CT molecular complexity index is 1230. The summed E-state index contributed by atoms with van der Waals surface area (Å²) in [5.74, 6) is 1.57. The number of aromatic hydroxyl groups is 1. The highest BCUT2D eigenvalue weighted by Gasteiger charge is 2.29. The van der Waals surface area contributed by atoms with Crippen LogP contribution < -0.4 is 19.5 Å². The quantitative estimate of drug-likeness (QED) is 0.462. The topological polar surface area (TPSA) is 72.3 Å². The first-order valence-corrected chi connectivity index (χ1v) is 11.4. The standard InChI is InChI=1S/C25H22BrFN2O4/c1-2-31-22-5-3-4-16(24(22)30)20-12-19(14-7-9-21-23(11-14)33-13-32-21)28-25(29-20)15-6-8-18(27)17(26)10-15/h3-11,20,25,29-30H,2,12-13H2,1H3/t20-,25-/m1/s1. The third kappa shape index (κ3) is 4.28. The Balaban J connectivity index is 1.56. The molecule has 0 saturated heterocycles. The van der Waals surface area contributed by atoms with Gasteiger partial charge < -0.3 is 19.3 Å². The molecule has 33 heavy (non-hydrogen) atoms. The molecule has 3 aromatic rings. The van der Waals surface area contributed by atoms with Crippen molar-refractivity contribution < 1.29 is 23.7 Å². The number of benzene rings is 3. The summed E-state index contributed by atoms with van der Waals surface area (Å²) in [7, 11) is 0. The van der Waals surface area contributed by atoms with Crippen LogP contribution in [0.3, 0.4) is 0 Å². The largest absolute Gasteiger partial charge is 0.504 e. The molecule has 0 bridgehead atoms. The highest BCUT2D eigenvalue weighted by atomic mass is 79.9. The number of para-hydroxylation sites is 1. The number of nitrogens with zero attached hydrogens (tertiary/aromatic N) is 1. The minimum atomic E-state index is -0.448. The average Bonchev–Trinajstić information content (AvgIpc) is 3.30. The minimum absolute atomic E-state index is 0.0998. The van der Waals surface area contributed by atoms with Crippen molar-refractivity contribution in [1.29, 1.82) is 0 Å². The van der Waals surface area contributed by atoms with Crippen LogP contribution >= 0.6 is 15.9 Å². The van der Waals surface area contributed by atoms with Crippen LogP contribution in [-0.2, 0) is 0 Å². The van der Waals surface area contributed by atoms with Crippen LogP contribution in [0.1, 0.15) is 42.2 Å². The second-order valence-electron chi connectivity index (χ2n) is 7.77. The van der Waals surface area contributed by atoms with Crippen LogP contribution in [0.25, 0.3) is 0 Å². The zero-order valence-electron chi connectivity index (χ0n) is 17.8. The second-order valence-corrected chi connectivity index (χ2v) is 8.62. The molecule has 2 aliphatic rings. The monoisotopic (exact) mass is 512 g/mol. The van der Waals surface area contributed by atoms with Gasteiger partial charge in [-0.15, -0.1) is 0 Å². The molecular weight excluding hydrogens is 491 g/mol. The highest BCUT2D eigenvalue weighted by Crippen LogP contribution is 2.40. The van der Waals surface area contributed by atoms with Gasteiger partial charge in [0.05, 0.1) is 11.1 Å². The number of hydrogen-bond donors (Lipinski definition) is 2. The van der Waals surface area contributed by atoms with Crippen LogP contribution in [0.2, 0.25) is 0 Å². The molecule has 170 valence electrons. The van der Waals surface area contributed by atoms with Crippen LogP contribution in [0, 0.1) is 5.82 Å². The Morgan fingerprint density at radius 3 is 2.82 bits per heavy atom. The molecule has 0 amide bonds. The molecule has 0 aliphatic carbocycles. The third-order valence-corrected chi connectivity index (χ3v) is 6.32. The van der Waals surface area contributed by atoms with Crippen molar-refractivity contribution >= 4 is 21.6 Å². The zero-order valence-corrected chi connectivity index (χ0v) is 19.4. The molecule has 2 N–H and O–H groups in total. The van der Waals surface area contributed by atoms with Crippen molar-refractivity contribution in [2.75, 3.05) is 13.4 Å². The van der Waals surface area contributed by atoms with E-state index in [0.29, 0.717) is 40.3 Å². The predicted octanol–water partition coefficient (Wildman–Crippen LogP) is 5.64. The number of aliphatic imine (C=N–C) groups is 1. The van der Waals surface area contributed by atoms with E-state index in [-0.39, 0.29) is 24.4 Å². The van der Waals surface area contributed by atoms with Gasteiger partial charge in [0, 0.05) is 23.7 Å². The Kier molecular flexibility index (Phi) is 5.95. The Morgan fingerprint density at radius 1 is 1.15 bits per heavy atom. The third-order valence-electron chi connectivity index (χ3n) is 5.71. The summed E-state index contributed by atoms with van der Waals surface area (Å²) in [6.45, 7) is 2.52. The molecule has 0 fully saturated rings. The van der Waals surface area contributed by atoms with Crippen LogP contribution in [0.4, 0.5) is 4.39 Å². The van der Waals surface area contributed by atoms with E-state index >= 15 is 0 Å². The SMILES string of the molecule is CCOc1cccc([C@H]2CC(c3ccc4c(c3)OCO4)=N[C@@H](c3ccc(F)c(Br)c3)N2)c1O. The van der Waals surface area contributed by atoms with E-state index in [0.717, 1.165) is 16.8 Å². The number of ether oxygens (including phenoxy) is 3. The maximum atomic E-state index is 13.9. The smallest absolute Gasteiger partial charge is 0.231 e. The molecular formula is C25H22BrFN2O4. The lowest BCUT2D eigenvalue weighted by atomic mass is 9.93. The number of nitrogens with one attached hydrogen (secondary N) is 1. The lowest BCUT2D eigenvalue weighted by Gasteiger charge is -2.31. The summed E-state index contributed by atoms with van der Waals surface area (Å²) >= 11 is 3.27. The van der Waals surface area contributed by atoms with Crippen molar-refractivity contribution in [3.05, 3.63) is 81.6 Å². The lowest BCUT2D eigenvalue weighted by Crippen LogP contribution is -2.33. The summed E-state index contributed by atoms with van der Waals surface area (Å²) in [5, 5.41) is 14.4. The van der Waals surface area contributed by atoms with Gasteiger partial charge >= 0.3 is 0 Å². The van der Waals surface area contributed by atoms with Crippen LogP contribution in [-0.4, -0.2) is 24.2 Å². The fourth-order valence-corrected chi connectivity index (χ4v) is 4.50. The number of halogens is 2. The van der Waals surface area contributed by atoms with Crippen molar-refractivity contribution in [2.24, 2.45) is 4.99 Å². The molecule has 6 nitrogen and oxygen atoms in total. The summed E-state index contributed by atoms with van der Waals surface area (Å²) in [4.78, 5) is 4.94. The molecule has 0 aromatic heterocycles. The second kappa shape index (κ2) is 9.03. The van der Waals surface area contributed by atoms with Crippen molar-refractivity contribution in [1.82, 2.24) is 5.32 Å². The first kappa shape index (κ1) is 21.7. The molecule has 0 unspecified atom stereocenters. The van der Waals surface area contributed by atoms with Gasteiger partial charge in [0.15, 0.2) is 23.0 Å². The van der Waals surface area contributed by atoms with Gasteiger partial charge in [-0.1, -0.05) is 18.2 Å². The van der Waals surface area contributed by atoms with Gasteiger partial charge in [0.1, 0.15) is 12.0 Å². The maximum Gasteiger partial charge on any atom is 0.231 e. The van der Waals surface area contributed by atoms with Gasteiger partial charge in [-0.3, -0.25) is 10.3 Å². The molecule has 2 atom stereocenters. The van der Waals surface area contributed by atoms with Crippen LogP contribution in [0.5, 0.6) is 23.0 Å². The Morgan fingerprint density at radius 2 is 2.00 bits per heavy atom. The number of phenols is 1. The van der Waals surface area contributed by atoms with Gasteiger partial charge in [-0.2, -0.15) is 0 Å². The van der Waals surface area contributed by atoms with E-state index in [1.54, 1.807) is 18.2 Å². The van der Waals surface area contributed by atoms with Gasteiger partial charge in [0.2, 0.25) is 6.79 Å². The van der Waals surface area contributed by atoms with E-state index < -0.39 is 6.17 Å². The summed E-state index contributed by atoms with van der Waals surface area (Å²) in [5.41, 5.74) is 3.24. The fourth-order valence-electron chi connectivity index (χ4n) is 4.10. The van der Waals surface area contributed by atoms with E-state index in [1.807, 2.05) is 37.3 Å². The number of rotatable bonds is 5. The molecule has 2 heterocycles. The molecule has 0 saturated carbocycles. The molecule has 2 aliphatic heterocycles.